The van der Waals surface area contributed by atoms with E-state index in [1.54, 1.807) is 12.1 Å². The number of nitrogens with one attached hydrogen (secondary N) is 1. The quantitative estimate of drug-likeness (QED) is 0.809. The van der Waals surface area contributed by atoms with E-state index in [1.165, 1.54) is 39.5 Å². The molecule has 2 aromatic rings. The summed E-state index contributed by atoms with van der Waals surface area (Å²) in [7, 11) is 4.55. The Kier molecular flexibility index (Phi) is 6.03. The van der Waals surface area contributed by atoms with Gasteiger partial charge in [-0.2, -0.15) is 0 Å². The molecule has 1 amide bonds. The van der Waals surface area contributed by atoms with Crippen molar-refractivity contribution in [2.75, 3.05) is 21.3 Å². The lowest BCUT2D eigenvalue weighted by atomic mass is 10.1. The van der Waals surface area contributed by atoms with Gasteiger partial charge in [0.05, 0.1) is 26.9 Å². The Balaban J connectivity index is 2.19. The number of hydrogen-bond acceptors (Lipinski definition) is 4. The molecule has 0 aliphatic carbocycles. The van der Waals surface area contributed by atoms with Gasteiger partial charge in [-0.05, 0) is 51.8 Å². The van der Waals surface area contributed by atoms with Crippen molar-refractivity contribution >= 4 is 21.8 Å². The zero-order valence-corrected chi connectivity index (χ0v) is 15.1. The van der Waals surface area contributed by atoms with Crippen LogP contribution in [0, 0.1) is 5.82 Å². The summed E-state index contributed by atoms with van der Waals surface area (Å²) in [6.45, 7) is 0.221. The fraction of sp³-hybridized carbons (Fsp3) is 0.235. The van der Waals surface area contributed by atoms with Crippen LogP contribution in [-0.2, 0) is 6.54 Å². The molecule has 0 aliphatic heterocycles. The molecule has 2 aromatic carbocycles. The van der Waals surface area contributed by atoms with E-state index in [-0.39, 0.29) is 12.1 Å². The van der Waals surface area contributed by atoms with Crippen LogP contribution in [0.2, 0.25) is 0 Å². The van der Waals surface area contributed by atoms with Crippen molar-refractivity contribution in [2.45, 2.75) is 6.54 Å². The maximum absolute atomic E-state index is 13.3. The molecule has 24 heavy (non-hydrogen) atoms. The number of benzene rings is 2. The molecule has 0 bridgehead atoms. The average Bonchev–Trinajstić information content (AvgIpc) is 2.60. The maximum atomic E-state index is 13.3. The zero-order valence-electron chi connectivity index (χ0n) is 13.5. The van der Waals surface area contributed by atoms with Crippen LogP contribution in [0.3, 0.4) is 0 Å². The van der Waals surface area contributed by atoms with E-state index in [2.05, 4.69) is 21.2 Å². The van der Waals surface area contributed by atoms with Crippen LogP contribution >= 0.6 is 15.9 Å². The third-order valence-corrected chi connectivity index (χ3v) is 4.04. The number of ether oxygens (including phenoxy) is 3. The molecule has 5 nitrogen and oxygen atoms in total. The molecule has 2 rings (SSSR count). The second-order valence-corrected chi connectivity index (χ2v) is 5.69. The number of methoxy groups -OCH3 is 3. The van der Waals surface area contributed by atoms with Gasteiger partial charge < -0.3 is 19.5 Å². The highest BCUT2D eigenvalue weighted by atomic mass is 79.9. The summed E-state index contributed by atoms with van der Waals surface area (Å²) in [6, 6.07) is 7.42. The van der Waals surface area contributed by atoms with E-state index in [0.717, 1.165) is 5.56 Å². The maximum Gasteiger partial charge on any atom is 0.252 e. The van der Waals surface area contributed by atoms with Gasteiger partial charge in [0.25, 0.3) is 5.91 Å². The number of carbonyl (C=O) groups excluding carboxylic acids is 1. The Hall–Kier alpha value is -2.28. The van der Waals surface area contributed by atoms with Crippen LogP contribution in [0.25, 0.3) is 0 Å². The van der Waals surface area contributed by atoms with Crippen LogP contribution < -0.4 is 19.5 Å². The Bertz CT molecular complexity index is 726. The third kappa shape index (κ3) is 3.97. The minimum atomic E-state index is -0.476. The first-order chi connectivity index (χ1) is 11.5. The Morgan fingerprint density at radius 2 is 1.71 bits per heavy atom. The lowest BCUT2D eigenvalue weighted by molar-refractivity contribution is 0.0949. The third-order valence-electron chi connectivity index (χ3n) is 3.35. The van der Waals surface area contributed by atoms with Crippen molar-refractivity contribution in [3.63, 3.8) is 0 Å². The monoisotopic (exact) mass is 397 g/mol. The van der Waals surface area contributed by atoms with E-state index in [9.17, 15) is 9.18 Å². The van der Waals surface area contributed by atoms with Gasteiger partial charge >= 0.3 is 0 Å². The molecule has 7 heteroatoms. The van der Waals surface area contributed by atoms with E-state index >= 15 is 0 Å². The fourth-order valence-electron chi connectivity index (χ4n) is 2.19. The normalized spacial score (nSPS) is 10.2. The molecule has 0 unspecified atom stereocenters. The molecule has 0 aromatic heterocycles. The second kappa shape index (κ2) is 8.01. The molecule has 0 radical (unpaired) electrons. The standard InChI is InChI=1S/C17H17BrFNO4/c1-22-14-6-10(7-15(23-2)16(14)24-3)9-20-17(21)12-8-11(19)4-5-13(12)18/h4-8H,9H2,1-3H3,(H,20,21). The van der Waals surface area contributed by atoms with E-state index in [0.29, 0.717) is 21.7 Å². The van der Waals surface area contributed by atoms with Gasteiger partial charge in [0.1, 0.15) is 5.82 Å². The van der Waals surface area contributed by atoms with Crippen molar-refractivity contribution < 1.29 is 23.4 Å². The first-order valence-corrected chi connectivity index (χ1v) is 7.81. The van der Waals surface area contributed by atoms with Crippen molar-refractivity contribution in [1.82, 2.24) is 5.32 Å². The first-order valence-electron chi connectivity index (χ1n) is 7.02. The highest BCUT2D eigenvalue weighted by Crippen LogP contribution is 2.38. The minimum absolute atomic E-state index is 0.221. The summed E-state index contributed by atoms with van der Waals surface area (Å²) < 4.78 is 29.6. The molecule has 0 heterocycles. The van der Waals surface area contributed by atoms with Crippen LogP contribution in [0.1, 0.15) is 15.9 Å². The number of rotatable bonds is 6. The van der Waals surface area contributed by atoms with Crippen LogP contribution in [0.5, 0.6) is 17.2 Å². The van der Waals surface area contributed by atoms with Gasteiger partial charge in [-0.25, -0.2) is 4.39 Å². The second-order valence-electron chi connectivity index (χ2n) is 4.84. The lowest BCUT2D eigenvalue weighted by Gasteiger charge is -2.14. The van der Waals surface area contributed by atoms with Crippen molar-refractivity contribution in [1.29, 1.82) is 0 Å². The van der Waals surface area contributed by atoms with Gasteiger partial charge in [0.15, 0.2) is 11.5 Å². The molecule has 128 valence electrons. The molecule has 0 aliphatic rings. The highest BCUT2D eigenvalue weighted by molar-refractivity contribution is 9.10. The Labute approximate surface area is 147 Å². The zero-order chi connectivity index (χ0) is 17.7. The Morgan fingerprint density at radius 3 is 2.25 bits per heavy atom. The SMILES string of the molecule is COc1cc(CNC(=O)c2cc(F)ccc2Br)cc(OC)c1OC. The van der Waals surface area contributed by atoms with Crippen molar-refractivity contribution in [3.05, 3.63) is 51.7 Å². The molecule has 0 fully saturated rings. The fourth-order valence-corrected chi connectivity index (χ4v) is 2.61. The van der Waals surface area contributed by atoms with Gasteiger partial charge in [-0.15, -0.1) is 0 Å². The van der Waals surface area contributed by atoms with Crippen LogP contribution in [0.15, 0.2) is 34.8 Å². The molecule has 1 N–H and O–H groups in total. The number of halogens is 2. The Morgan fingerprint density at radius 1 is 1.08 bits per heavy atom. The van der Waals surface area contributed by atoms with E-state index < -0.39 is 11.7 Å². The molecular formula is C17H17BrFNO4. The number of amides is 1. The van der Waals surface area contributed by atoms with Gasteiger partial charge in [-0.3, -0.25) is 4.79 Å². The molecule has 0 saturated heterocycles. The largest absolute Gasteiger partial charge is 0.493 e. The summed E-state index contributed by atoms with van der Waals surface area (Å²) in [5, 5.41) is 2.74. The van der Waals surface area contributed by atoms with Crippen molar-refractivity contribution in [2.24, 2.45) is 0 Å². The first kappa shape index (κ1) is 18.1. The summed E-state index contributed by atoms with van der Waals surface area (Å²) in [4.78, 5) is 12.2. The van der Waals surface area contributed by atoms with Crippen LogP contribution in [0.4, 0.5) is 4.39 Å². The number of carbonyl (C=O) groups is 1. The van der Waals surface area contributed by atoms with Crippen molar-refractivity contribution in [3.8, 4) is 17.2 Å². The summed E-state index contributed by atoms with van der Waals surface area (Å²) in [5.74, 6) is 0.593. The van der Waals surface area contributed by atoms with Gasteiger partial charge in [0, 0.05) is 11.0 Å². The molecular weight excluding hydrogens is 381 g/mol. The van der Waals surface area contributed by atoms with E-state index in [4.69, 9.17) is 14.2 Å². The highest BCUT2D eigenvalue weighted by Gasteiger charge is 2.15. The molecule has 0 spiro atoms. The van der Waals surface area contributed by atoms with Gasteiger partial charge in [-0.1, -0.05) is 0 Å². The molecule has 0 atom stereocenters. The molecule has 0 saturated carbocycles. The predicted molar refractivity (Wildman–Crippen MR) is 91.4 cm³/mol. The smallest absolute Gasteiger partial charge is 0.252 e. The summed E-state index contributed by atoms with van der Waals surface area (Å²) in [6.07, 6.45) is 0. The minimum Gasteiger partial charge on any atom is -0.493 e. The summed E-state index contributed by atoms with van der Waals surface area (Å²) in [5.41, 5.74) is 0.979. The lowest BCUT2D eigenvalue weighted by Crippen LogP contribution is -2.23. The topological polar surface area (TPSA) is 56.8 Å². The van der Waals surface area contributed by atoms with Crippen LogP contribution in [-0.4, -0.2) is 27.2 Å². The van der Waals surface area contributed by atoms with E-state index in [1.807, 2.05) is 0 Å². The summed E-state index contributed by atoms with van der Waals surface area (Å²) >= 11 is 3.24. The van der Waals surface area contributed by atoms with Gasteiger partial charge in [0.2, 0.25) is 5.75 Å². The predicted octanol–water partition coefficient (Wildman–Crippen LogP) is 3.54. The average molecular weight is 398 g/mol. The number of hydrogen-bond donors (Lipinski definition) is 1.